The molecule has 1 N–H and O–H groups in total. The molecule has 1 atom stereocenters. The number of halogens is 1. The van der Waals surface area contributed by atoms with E-state index in [0.717, 1.165) is 29.4 Å². The average molecular weight is 448 g/mol. The van der Waals surface area contributed by atoms with Gasteiger partial charge in [0.25, 0.3) is 0 Å². The molecule has 148 valence electrons. The number of benzene rings is 3. The Morgan fingerprint density at radius 1 is 0.931 bits per heavy atom. The zero-order chi connectivity index (χ0) is 20.4. The van der Waals surface area contributed by atoms with Gasteiger partial charge < -0.3 is 5.32 Å². The van der Waals surface area contributed by atoms with Crippen LogP contribution >= 0.6 is 15.9 Å². The Kier molecular flexibility index (Phi) is 5.60. The summed E-state index contributed by atoms with van der Waals surface area (Å²) >= 11 is 3.48. The molecule has 0 radical (unpaired) electrons. The molecule has 3 aromatic rings. The number of hydrogen-bond donors (Lipinski definition) is 1. The number of carbonyl (C=O) groups excluding carboxylic acids is 1. The van der Waals surface area contributed by atoms with E-state index in [1.807, 2.05) is 24.3 Å². The molecular weight excluding hydrogens is 422 g/mol. The second-order valence-electron chi connectivity index (χ2n) is 7.83. The molecule has 3 aromatic carbocycles. The summed E-state index contributed by atoms with van der Waals surface area (Å²) < 4.78 is 0.961. The molecule has 0 aliphatic heterocycles. The zero-order valence-electron chi connectivity index (χ0n) is 16.9. The lowest BCUT2D eigenvalue weighted by Gasteiger charge is -2.20. The van der Waals surface area contributed by atoms with Crippen molar-refractivity contribution in [2.45, 2.75) is 38.5 Å². The van der Waals surface area contributed by atoms with E-state index in [-0.39, 0.29) is 17.2 Å². The maximum absolute atomic E-state index is 13.2. The van der Waals surface area contributed by atoms with E-state index in [0.29, 0.717) is 0 Å². The molecule has 3 heteroatoms. The Bertz CT molecular complexity index is 960. The summed E-state index contributed by atoms with van der Waals surface area (Å²) in [4.78, 5) is 13.2. The van der Waals surface area contributed by atoms with Crippen molar-refractivity contribution in [2.75, 3.05) is 5.32 Å². The minimum Gasteiger partial charge on any atom is -0.326 e. The van der Waals surface area contributed by atoms with Crippen LogP contribution in [0.2, 0.25) is 0 Å². The molecule has 29 heavy (non-hydrogen) atoms. The average Bonchev–Trinajstić information content (AvgIpc) is 3.51. The van der Waals surface area contributed by atoms with Crippen molar-refractivity contribution in [3.05, 3.63) is 99.5 Å². The van der Waals surface area contributed by atoms with Crippen LogP contribution in [0.1, 0.15) is 42.5 Å². The Balaban J connectivity index is 1.67. The number of carbonyl (C=O) groups is 1. The molecule has 4 rings (SSSR count). The first-order valence-corrected chi connectivity index (χ1v) is 11.1. The van der Waals surface area contributed by atoms with Crippen molar-refractivity contribution in [3.8, 4) is 0 Å². The van der Waals surface area contributed by atoms with Crippen LogP contribution in [-0.4, -0.2) is 5.91 Å². The van der Waals surface area contributed by atoms with Crippen molar-refractivity contribution in [1.82, 2.24) is 0 Å². The molecule has 1 fully saturated rings. The van der Waals surface area contributed by atoms with Crippen LogP contribution in [0.5, 0.6) is 0 Å². The third-order valence-electron chi connectivity index (χ3n) is 6.12. The number of aryl methyl sites for hydroxylation is 2. The third-order valence-corrected chi connectivity index (χ3v) is 6.62. The van der Waals surface area contributed by atoms with Gasteiger partial charge >= 0.3 is 0 Å². The largest absolute Gasteiger partial charge is 0.326 e. The molecule has 1 amide bonds. The highest BCUT2D eigenvalue weighted by atomic mass is 79.9. The molecular formula is C26H26BrNO. The summed E-state index contributed by atoms with van der Waals surface area (Å²) in [5.74, 6) is 0.0173. The SMILES string of the molecule is CCc1ccc(C2(c3ccc(CC)cc3)C[C@@H]2C(=O)Nc2cccc(Br)c2)cc1. The van der Waals surface area contributed by atoms with Crippen molar-refractivity contribution in [1.29, 1.82) is 0 Å². The molecule has 1 aliphatic rings. The molecule has 0 saturated heterocycles. The van der Waals surface area contributed by atoms with Crippen molar-refractivity contribution in [3.63, 3.8) is 0 Å². The Hall–Kier alpha value is -2.39. The topological polar surface area (TPSA) is 29.1 Å². The lowest BCUT2D eigenvalue weighted by atomic mass is 9.84. The van der Waals surface area contributed by atoms with Gasteiger partial charge in [0, 0.05) is 15.6 Å². The van der Waals surface area contributed by atoms with Crippen LogP contribution in [0.3, 0.4) is 0 Å². The minimum atomic E-state index is -0.241. The van der Waals surface area contributed by atoms with Gasteiger partial charge in [-0.25, -0.2) is 0 Å². The molecule has 0 spiro atoms. The fourth-order valence-corrected chi connectivity index (χ4v) is 4.65. The predicted octanol–water partition coefficient (Wildman–Crippen LogP) is 6.52. The Morgan fingerprint density at radius 3 is 1.97 bits per heavy atom. The van der Waals surface area contributed by atoms with Gasteiger partial charge in [0.1, 0.15) is 0 Å². The summed E-state index contributed by atoms with van der Waals surface area (Å²) in [5.41, 5.74) is 5.69. The number of nitrogens with one attached hydrogen (secondary N) is 1. The summed E-state index contributed by atoms with van der Waals surface area (Å²) in [6.07, 6.45) is 2.88. The van der Waals surface area contributed by atoms with Gasteiger partial charge in [-0.05, 0) is 59.7 Å². The van der Waals surface area contributed by atoms with Gasteiger partial charge in [0.15, 0.2) is 0 Å². The van der Waals surface area contributed by atoms with E-state index >= 15 is 0 Å². The van der Waals surface area contributed by atoms with Crippen molar-refractivity contribution < 1.29 is 4.79 Å². The van der Waals surface area contributed by atoms with Gasteiger partial charge in [0.2, 0.25) is 5.91 Å². The van der Waals surface area contributed by atoms with Gasteiger partial charge in [0.05, 0.1) is 5.92 Å². The quantitative estimate of drug-likeness (QED) is 0.457. The number of rotatable bonds is 6. The first-order valence-electron chi connectivity index (χ1n) is 10.3. The maximum atomic E-state index is 13.2. The van der Waals surface area contributed by atoms with E-state index in [1.165, 1.54) is 22.3 Å². The van der Waals surface area contributed by atoms with Crippen LogP contribution in [0.25, 0.3) is 0 Å². The van der Waals surface area contributed by atoms with Crippen LogP contribution in [0, 0.1) is 5.92 Å². The predicted molar refractivity (Wildman–Crippen MR) is 123 cm³/mol. The van der Waals surface area contributed by atoms with Crippen LogP contribution in [0.4, 0.5) is 5.69 Å². The molecule has 2 nitrogen and oxygen atoms in total. The fourth-order valence-electron chi connectivity index (χ4n) is 4.26. The van der Waals surface area contributed by atoms with Gasteiger partial charge in [-0.2, -0.15) is 0 Å². The lowest BCUT2D eigenvalue weighted by Crippen LogP contribution is -2.22. The van der Waals surface area contributed by atoms with Crippen LogP contribution in [-0.2, 0) is 23.1 Å². The second kappa shape index (κ2) is 8.16. The second-order valence-corrected chi connectivity index (χ2v) is 8.74. The molecule has 0 aromatic heterocycles. The number of amides is 1. The van der Waals surface area contributed by atoms with E-state index < -0.39 is 0 Å². The number of hydrogen-bond acceptors (Lipinski definition) is 1. The van der Waals surface area contributed by atoms with Crippen LogP contribution in [0.15, 0.2) is 77.3 Å². The minimum absolute atomic E-state index is 0.0681. The van der Waals surface area contributed by atoms with Crippen molar-refractivity contribution >= 4 is 27.5 Å². The standard InChI is InChI=1S/C26H26BrNO/c1-3-18-8-12-20(13-9-18)26(21-14-10-19(4-2)11-15-21)17-24(26)25(29)28-23-7-5-6-22(27)16-23/h5-16,24H,3-4,17H2,1-2H3,(H,28,29)/t24-/m1/s1. The van der Waals surface area contributed by atoms with Crippen LogP contribution < -0.4 is 5.32 Å². The van der Waals surface area contributed by atoms with Gasteiger partial charge in [-0.3, -0.25) is 4.79 Å². The highest BCUT2D eigenvalue weighted by molar-refractivity contribution is 9.10. The summed E-state index contributed by atoms with van der Waals surface area (Å²) in [6, 6.07) is 25.4. The van der Waals surface area contributed by atoms with E-state index in [2.05, 4.69) is 83.6 Å². The highest BCUT2D eigenvalue weighted by Gasteiger charge is 2.60. The summed E-state index contributed by atoms with van der Waals surface area (Å²) in [7, 11) is 0. The van der Waals surface area contributed by atoms with E-state index in [4.69, 9.17) is 0 Å². The summed E-state index contributed by atoms with van der Waals surface area (Å²) in [5, 5.41) is 3.12. The first kappa shape index (κ1) is 19.9. The van der Waals surface area contributed by atoms with Crippen molar-refractivity contribution in [2.24, 2.45) is 5.92 Å². The molecule has 0 heterocycles. The monoisotopic (exact) mass is 447 g/mol. The zero-order valence-corrected chi connectivity index (χ0v) is 18.5. The molecule has 1 aliphatic carbocycles. The normalized spacial score (nSPS) is 17.0. The van der Waals surface area contributed by atoms with E-state index in [1.54, 1.807) is 0 Å². The molecule has 0 bridgehead atoms. The lowest BCUT2D eigenvalue weighted by molar-refractivity contribution is -0.117. The first-order chi connectivity index (χ1) is 14.1. The third kappa shape index (κ3) is 3.89. The van der Waals surface area contributed by atoms with E-state index in [9.17, 15) is 4.79 Å². The van der Waals surface area contributed by atoms with Gasteiger partial charge in [-0.1, -0.05) is 84.4 Å². The maximum Gasteiger partial charge on any atom is 0.228 e. The Labute approximate surface area is 181 Å². The smallest absolute Gasteiger partial charge is 0.228 e. The number of anilines is 1. The van der Waals surface area contributed by atoms with Gasteiger partial charge in [-0.15, -0.1) is 0 Å². The highest BCUT2D eigenvalue weighted by Crippen LogP contribution is 2.59. The molecule has 1 saturated carbocycles. The fraction of sp³-hybridized carbons (Fsp3) is 0.269. The Morgan fingerprint density at radius 2 is 1.48 bits per heavy atom. The molecule has 0 unspecified atom stereocenters. The summed E-state index contributed by atoms with van der Waals surface area (Å²) in [6.45, 7) is 4.33.